The van der Waals surface area contributed by atoms with Crippen molar-refractivity contribution in [1.82, 2.24) is 63.5 Å². The van der Waals surface area contributed by atoms with Crippen LogP contribution in [-0.4, -0.2) is 193 Å². The number of aromatic nitrogens is 1. The van der Waals surface area contributed by atoms with Crippen LogP contribution in [0.2, 0.25) is 0 Å². The third-order valence-electron chi connectivity index (χ3n) is 13.6. The SMILES string of the molecule is CC(=O)N[C@@H](CCC(=O)O)C(=O)N[C@@H](CC(C)C)C(=O)N[C@@H](CC(C)C)C(=O)N[C@@H](CCC(=O)O)C(=O)N[C@@]1(C)NC(=O)CC(C(=O)N[C@@H](CO)C(=O)O)NC(=O)[C@H](Cc2c[nH]c3ccccc23)NC(=O)C(CCCCN)NC(=O)C(CC(=O)O)NC1=O. The monoisotopic (exact) mass is 1240 g/mol. The number of carbonyl (C=O) groups excluding carboxylic acids is 11. The number of H-pyrrole nitrogens is 1. The second kappa shape index (κ2) is 34.8. The number of aliphatic hydroxyl groups excluding tert-OH is 1. The molecule has 88 heavy (non-hydrogen) atoms. The van der Waals surface area contributed by atoms with Crippen molar-refractivity contribution in [2.45, 2.75) is 179 Å². The molecule has 33 nitrogen and oxygen atoms in total. The number of aliphatic hydroxyl groups is 1. The maximum Gasteiger partial charge on any atom is 0.328 e. The number of fused-ring (bicyclic) bond motifs is 1. The lowest BCUT2D eigenvalue weighted by atomic mass is 9.99. The van der Waals surface area contributed by atoms with E-state index in [1.165, 1.54) is 6.20 Å². The largest absolute Gasteiger partial charge is 0.481 e. The first-order chi connectivity index (χ1) is 41.3. The van der Waals surface area contributed by atoms with E-state index in [0.717, 1.165) is 13.8 Å². The number of nitrogens with one attached hydrogen (secondary N) is 12. The first-order valence-corrected chi connectivity index (χ1v) is 28.3. The van der Waals surface area contributed by atoms with E-state index in [4.69, 9.17) is 5.73 Å². The van der Waals surface area contributed by atoms with Crippen LogP contribution in [0.4, 0.5) is 0 Å². The Balaban J connectivity index is 2.21. The van der Waals surface area contributed by atoms with Crippen molar-refractivity contribution in [2.24, 2.45) is 17.6 Å². The summed E-state index contributed by atoms with van der Waals surface area (Å²) in [6, 6.07) is -9.26. The maximum absolute atomic E-state index is 14.7. The highest BCUT2D eigenvalue weighted by Crippen LogP contribution is 2.20. The van der Waals surface area contributed by atoms with Crippen molar-refractivity contribution < 1.29 is 97.5 Å². The molecule has 1 aromatic heterocycles. The fourth-order valence-corrected chi connectivity index (χ4v) is 9.20. The van der Waals surface area contributed by atoms with Gasteiger partial charge < -0.3 is 94.7 Å². The van der Waals surface area contributed by atoms with E-state index in [-0.39, 0.29) is 57.4 Å². The van der Waals surface area contributed by atoms with Gasteiger partial charge in [-0.1, -0.05) is 45.9 Å². The van der Waals surface area contributed by atoms with Crippen LogP contribution < -0.4 is 64.2 Å². The van der Waals surface area contributed by atoms with Crippen molar-refractivity contribution in [3.05, 3.63) is 36.0 Å². The van der Waals surface area contributed by atoms with Crippen LogP contribution in [0, 0.1) is 11.8 Å². The molecule has 11 amide bonds. The fourth-order valence-electron chi connectivity index (χ4n) is 9.20. The van der Waals surface area contributed by atoms with E-state index in [1.807, 2.05) is 5.32 Å². The van der Waals surface area contributed by atoms with Crippen LogP contribution in [-0.2, 0) is 78.3 Å². The summed E-state index contributed by atoms with van der Waals surface area (Å²) in [5.41, 5.74) is 3.78. The molecule has 2 heterocycles. The van der Waals surface area contributed by atoms with Crippen LogP contribution >= 0.6 is 0 Å². The average Bonchev–Trinajstić information content (AvgIpc) is 2.20. The van der Waals surface area contributed by atoms with Gasteiger partial charge >= 0.3 is 23.9 Å². The second-order valence-corrected chi connectivity index (χ2v) is 22.2. The number of carboxylic acid groups (broad SMARTS) is 4. The molecule has 0 saturated carbocycles. The number of benzene rings is 1. The van der Waals surface area contributed by atoms with Gasteiger partial charge in [-0.3, -0.25) is 67.1 Å². The number of para-hydroxylation sites is 1. The van der Waals surface area contributed by atoms with Gasteiger partial charge in [-0.2, -0.15) is 0 Å². The summed E-state index contributed by atoms with van der Waals surface area (Å²) in [5, 5.41) is 74.5. The van der Waals surface area contributed by atoms with Gasteiger partial charge in [-0.25, -0.2) is 4.79 Å². The molecule has 0 radical (unpaired) electrons. The van der Waals surface area contributed by atoms with Gasteiger partial charge in [0.25, 0.3) is 5.91 Å². The summed E-state index contributed by atoms with van der Waals surface area (Å²) in [6.45, 7) is 7.45. The predicted octanol–water partition coefficient (Wildman–Crippen LogP) is -4.05. The lowest BCUT2D eigenvalue weighted by Gasteiger charge is -2.34. The van der Waals surface area contributed by atoms with Crippen molar-refractivity contribution >= 4 is 99.8 Å². The number of hydrogen-bond acceptors (Lipinski definition) is 17. The molecule has 2 aromatic rings. The Kier molecular flexibility index (Phi) is 28.8. The zero-order valence-corrected chi connectivity index (χ0v) is 49.6. The van der Waals surface area contributed by atoms with Gasteiger partial charge in [0.1, 0.15) is 54.4 Å². The summed E-state index contributed by atoms with van der Waals surface area (Å²) in [5.74, 6) is -20.2. The molecule has 33 heteroatoms. The van der Waals surface area contributed by atoms with Crippen LogP contribution in [0.3, 0.4) is 0 Å². The Labute approximate surface area is 504 Å². The lowest BCUT2D eigenvalue weighted by Crippen LogP contribution is -2.71. The number of aliphatic carboxylic acids is 4. The zero-order valence-electron chi connectivity index (χ0n) is 49.6. The Morgan fingerprint density at radius 1 is 0.636 bits per heavy atom. The Morgan fingerprint density at radius 2 is 1.16 bits per heavy atom. The molecule has 486 valence electrons. The third kappa shape index (κ3) is 23.9. The first kappa shape index (κ1) is 73.0. The molecule has 1 aliphatic heterocycles. The number of hydrogen-bond donors (Lipinski definition) is 18. The summed E-state index contributed by atoms with van der Waals surface area (Å²) < 4.78 is 0. The molecular formula is C55H81N13O20. The number of carboxylic acids is 4. The predicted molar refractivity (Wildman–Crippen MR) is 307 cm³/mol. The summed E-state index contributed by atoms with van der Waals surface area (Å²) in [6.07, 6.45) is -3.88. The molecule has 1 saturated heterocycles. The molecule has 0 bridgehead atoms. The number of unbranched alkanes of at least 4 members (excludes halogenated alkanes) is 1. The third-order valence-corrected chi connectivity index (χ3v) is 13.6. The summed E-state index contributed by atoms with van der Waals surface area (Å²) in [4.78, 5) is 206. The Morgan fingerprint density at radius 3 is 1.68 bits per heavy atom. The van der Waals surface area contributed by atoms with Crippen molar-refractivity contribution in [3.8, 4) is 0 Å². The van der Waals surface area contributed by atoms with Crippen LogP contribution in [0.25, 0.3) is 10.9 Å². The molecule has 19 N–H and O–H groups in total. The topological polar surface area (TPSA) is 531 Å². The van der Waals surface area contributed by atoms with Gasteiger partial charge in [0.15, 0.2) is 5.66 Å². The van der Waals surface area contributed by atoms with Gasteiger partial charge in [-0.05, 0) is 81.9 Å². The van der Waals surface area contributed by atoms with E-state index >= 15 is 0 Å². The van der Waals surface area contributed by atoms with Crippen molar-refractivity contribution in [3.63, 3.8) is 0 Å². The maximum atomic E-state index is 14.7. The van der Waals surface area contributed by atoms with Crippen LogP contribution in [0.15, 0.2) is 30.5 Å². The highest BCUT2D eigenvalue weighted by molar-refractivity contribution is 6.03. The fraction of sp³-hybridized carbons (Fsp3) is 0.582. The smallest absolute Gasteiger partial charge is 0.328 e. The number of rotatable bonds is 31. The van der Waals surface area contributed by atoms with Crippen LogP contribution in [0.1, 0.15) is 118 Å². The minimum Gasteiger partial charge on any atom is -0.481 e. The normalized spacial score (nSPS) is 20.2. The Bertz CT molecular complexity index is 2900. The van der Waals surface area contributed by atoms with E-state index in [1.54, 1.807) is 52.0 Å². The second-order valence-electron chi connectivity index (χ2n) is 22.2. The number of aromatic amines is 1. The number of nitrogens with two attached hydrogens (primary N) is 1. The van der Waals surface area contributed by atoms with Gasteiger partial charge in [0, 0.05) is 43.3 Å². The Hall–Kier alpha value is -9.27. The lowest BCUT2D eigenvalue weighted by molar-refractivity contribution is -0.145. The van der Waals surface area contributed by atoms with E-state index in [2.05, 4.69) is 58.2 Å². The summed E-state index contributed by atoms with van der Waals surface area (Å²) in [7, 11) is 0. The molecule has 1 aromatic carbocycles. The van der Waals surface area contributed by atoms with Gasteiger partial charge in [-0.15, -0.1) is 0 Å². The molecular weight excluding hydrogens is 1160 g/mol. The van der Waals surface area contributed by atoms with E-state index in [0.29, 0.717) is 16.5 Å². The van der Waals surface area contributed by atoms with Crippen molar-refractivity contribution in [1.29, 1.82) is 0 Å². The molecule has 1 aliphatic rings. The van der Waals surface area contributed by atoms with E-state index < -0.39 is 194 Å². The average molecular weight is 1240 g/mol. The summed E-state index contributed by atoms with van der Waals surface area (Å²) >= 11 is 0. The molecule has 0 spiro atoms. The van der Waals surface area contributed by atoms with Gasteiger partial charge in [0.2, 0.25) is 59.1 Å². The molecule has 3 unspecified atom stereocenters. The highest BCUT2D eigenvalue weighted by Gasteiger charge is 2.44. The zero-order chi connectivity index (χ0) is 66.2. The minimum absolute atomic E-state index is 0.0648. The highest BCUT2D eigenvalue weighted by atomic mass is 16.4. The van der Waals surface area contributed by atoms with E-state index in [9.17, 15) is 97.5 Å². The molecule has 3 rings (SSSR count). The minimum atomic E-state index is -2.96. The first-order valence-electron chi connectivity index (χ1n) is 28.3. The number of amides is 11. The number of carbonyl (C=O) groups is 15. The molecule has 0 aliphatic carbocycles. The quantitative estimate of drug-likeness (QED) is 0.0320. The van der Waals surface area contributed by atoms with Crippen molar-refractivity contribution in [2.75, 3.05) is 13.2 Å². The standard InChI is InChI=1S/C55H81N13O20/c1-26(2)19-35(62-48(81)36(20-27(3)4)61-46(79)33(58-28(5)70)14-16-42(72)73)47(80)60-34(15-17-43(74)75)52(85)68-55(6)54(88)66-39(23-44(76)77)51(84)59-32(13-9-10-18-56)45(78)63-37(21-29-24-57-31-12-8-7-11-30(29)31)49(82)64-38(22-41(71)67-55)50(83)65-40(25-69)53(86)87/h7-8,11-12,24,26-27,32-40,57,69H,9-10,13-23,25,56H2,1-6H3,(H,58,70)(H,59,84)(H,60,80)(H,61,79)(H,62,81)(H,63,78)(H,64,82)(H,65,83)(H,66,88)(H,67,71)(H,68,85)(H,72,73)(H,74,75)(H,76,77)(H,86,87)/t32?,33-,34-,35-,36-,37-,38?,39?,40-,55+/m0/s1. The van der Waals surface area contributed by atoms with Crippen LogP contribution in [0.5, 0.6) is 0 Å². The van der Waals surface area contributed by atoms with Gasteiger partial charge in [0.05, 0.1) is 19.4 Å². The molecule has 10 atom stereocenters. The molecule has 1 fully saturated rings.